The minimum absolute atomic E-state index is 0.00785. The summed E-state index contributed by atoms with van der Waals surface area (Å²) in [5.74, 6) is -1.30. The van der Waals surface area contributed by atoms with Gasteiger partial charge >= 0.3 is 12.1 Å². The molecular weight excluding hydrogens is 652 g/mol. The van der Waals surface area contributed by atoms with Crippen molar-refractivity contribution in [1.29, 1.82) is 0 Å². The van der Waals surface area contributed by atoms with E-state index in [1.807, 2.05) is 83.1 Å². The van der Waals surface area contributed by atoms with E-state index < -0.39 is 52.5 Å². The fourth-order valence-electron chi connectivity index (χ4n) is 5.52. The molecule has 0 bridgehead atoms. The lowest BCUT2D eigenvalue weighted by molar-refractivity contribution is -0.155. The number of carbonyl (C=O) groups excluding carboxylic acids is 5. The summed E-state index contributed by atoms with van der Waals surface area (Å²) in [7, 11) is 0. The number of likely N-dealkylation sites (tertiary alicyclic amines) is 1. The zero-order chi connectivity index (χ0) is 38.0. The van der Waals surface area contributed by atoms with Crippen molar-refractivity contribution in [3.8, 4) is 5.75 Å². The molecule has 0 radical (unpaired) electrons. The number of carbonyl (C=O) groups is 5. The molecule has 280 valence electrons. The molecule has 1 heterocycles. The Morgan fingerprint density at radius 3 is 2.10 bits per heavy atom. The number of hydrogen-bond donors (Lipinski definition) is 3. The van der Waals surface area contributed by atoms with Gasteiger partial charge in [0.1, 0.15) is 35.6 Å². The lowest BCUT2D eigenvalue weighted by Crippen LogP contribution is -2.63. The number of nitrogens with one attached hydrogen (secondary N) is 3. The van der Waals surface area contributed by atoms with Crippen LogP contribution in [0.5, 0.6) is 5.75 Å². The highest BCUT2D eigenvalue weighted by Crippen LogP contribution is 2.33. The van der Waals surface area contributed by atoms with Gasteiger partial charge < -0.3 is 30.2 Å². The Labute approximate surface area is 302 Å². The van der Waals surface area contributed by atoms with Gasteiger partial charge in [-0.2, -0.15) is 0 Å². The molecule has 1 saturated heterocycles. The number of rotatable bonds is 15. The van der Waals surface area contributed by atoms with Crippen LogP contribution in [0.4, 0.5) is 4.79 Å². The van der Waals surface area contributed by atoms with E-state index in [1.165, 1.54) is 6.92 Å². The van der Waals surface area contributed by atoms with Crippen LogP contribution < -0.4 is 20.7 Å². The molecule has 3 atom stereocenters. The standard InChI is InChI=1S/C39H56N4O8/c1-26-15-17-30(49-25-39(9)21-22-43(39)36(48)51-38(6,7)8)23-29(26)24-40-34(46)31(18-16-28-13-11-10-12-14-28)42-35(47)32(41-27(2)44)19-20-33(45)50-37(3,4)5/h10-15,17,23,31-32H,16,18-22,24-25H2,1-9H3,(H,40,46)(H,41,44)(H,42,47)/t31-,32-,39?/m0/s1. The van der Waals surface area contributed by atoms with Gasteiger partial charge in [0.15, 0.2) is 0 Å². The molecule has 2 aromatic carbocycles. The summed E-state index contributed by atoms with van der Waals surface area (Å²) in [4.78, 5) is 65.9. The highest BCUT2D eigenvalue weighted by atomic mass is 16.6. The predicted octanol–water partition coefficient (Wildman–Crippen LogP) is 5.13. The summed E-state index contributed by atoms with van der Waals surface area (Å²) in [6.07, 6.45) is 1.15. The van der Waals surface area contributed by atoms with Crippen molar-refractivity contribution in [3.63, 3.8) is 0 Å². The molecule has 2 aromatic rings. The van der Waals surface area contributed by atoms with Gasteiger partial charge in [0.2, 0.25) is 17.7 Å². The van der Waals surface area contributed by atoms with Crippen molar-refractivity contribution >= 4 is 29.8 Å². The van der Waals surface area contributed by atoms with Gasteiger partial charge in [0.25, 0.3) is 0 Å². The Morgan fingerprint density at radius 1 is 0.863 bits per heavy atom. The zero-order valence-electron chi connectivity index (χ0n) is 31.6. The van der Waals surface area contributed by atoms with E-state index in [4.69, 9.17) is 14.2 Å². The summed E-state index contributed by atoms with van der Waals surface area (Å²) in [5.41, 5.74) is 0.969. The van der Waals surface area contributed by atoms with Crippen LogP contribution in [0, 0.1) is 6.92 Å². The normalized spacial score (nSPS) is 16.9. The fraction of sp³-hybridized carbons (Fsp3) is 0.564. The number of esters is 1. The number of nitrogens with zero attached hydrogens (tertiary/aromatic N) is 1. The Kier molecular flexibility index (Phi) is 14.0. The molecule has 1 fully saturated rings. The van der Waals surface area contributed by atoms with E-state index in [2.05, 4.69) is 16.0 Å². The van der Waals surface area contributed by atoms with E-state index in [-0.39, 0.29) is 32.1 Å². The molecule has 3 N–H and O–H groups in total. The van der Waals surface area contributed by atoms with Gasteiger partial charge in [-0.1, -0.05) is 36.4 Å². The Morgan fingerprint density at radius 2 is 1.51 bits per heavy atom. The molecule has 1 aliphatic heterocycles. The first-order chi connectivity index (χ1) is 23.7. The van der Waals surface area contributed by atoms with Crippen LogP contribution in [-0.4, -0.2) is 76.7 Å². The molecule has 3 rings (SSSR count). The van der Waals surface area contributed by atoms with Crippen LogP contribution in [-0.2, 0) is 41.6 Å². The summed E-state index contributed by atoms with van der Waals surface area (Å²) in [6.45, 7) is 17.0. The van der Waals surface area contributed by atoms with Gasteiger partial charge in [-0.05, 0) is 110 Å². The van der Waals surface area contributed by atoms with Crippen molar-refractivity contribution in [3.05, 3.63) is 65.2 Å². The Hall–Kier alpha value is -4.61. The van der Waals surface area contributed by atoms with Crippen LogP contribution in [0.15, 0.2) is 48.5 Å². The Bertz CT molecular complexity index is 1530. The second kappa shape index (κ2) is 17.5. The molecule has 0 spiro atoms. The third-order valence-electron chi connectivity index (χ3n) is 8.41. The quantitative estimate of drug-likeness (QED) is 0.215. The lowest BCUT2D eigenvalue weighted by atomic mass is 9.88. The van der Waals surface area contributed by atoms with Gasteiger partial charge in [0, 0.05) is 26.4 Å². The number of amides is 4. The second-order valence-electron chi connectivity index (χ2n) is 15.4. The largest absolute Gasteiger partial charge is 0.491 e. The summed E-state index contributed by atoms with van der Waals surface area (Å²) >= 11 is 0. The summed E-state index contributed by atoms with van der Waals surface area (Å²) in [6, 6.07) is 13.3. The van der Waals surface area contributed by atoms with E-state index in [0.717, 1.165) is 23.1 Å². The number of aryl methyl sites for hydroxylation is 2. The first kappa shape index (κ1) is 40.8. The molecule has 12 heteroatoms. The van der Waals surface area contributed by atoms with Crippen molar-refractivity contribution < 1.29 is 38.2 Å². The first-order valence-electron chi connectivity index (χ1n) is 17.6. The van der Waals surface area contributed by atoms with E-state index in [1.54, 1.807) is 25.7 Å². The highest BCUT2D eigenvalue weighted by molar-refractivity contribution is 5.92. The molecular formula is C39H56N4O8. The Balaban J connectivity index is 1.69. The van der Waals surface area contributed by atoms with Gasteiger partial charge in [-0.25, -0.2) is 4.79 Å². The fourth-order valence-corrected chi connectivity index (χ4v) is 5.52. The molecule has 1 unspecified atom stereocenters. The zero-order valence-corrected chi connectivity index (χ0v) is 31.6. The minimum Gasteiger partial charge on any atom is -0.491 e. The van der Waals surface area contributed by atoms with Crippen molar-refractivity contribution in [2.75, 3.05) is 13.2 Å². The molecule has 12 nitrogen and oxygen atoms in total. The molecule has 51 heavy (non-hydrogen) atoms. The molecule has 4 amide bonds. The third kappa shape index (κ3) is 13.6. The number of ether oxygens (including phenoxy) is 3. The average molecular weight is 709 g/mol. The molecule has 0 saturated carbocycles. The van der Waals surface area contributed by atoms with Gasteiger partial charge in [0.05, 0.1) is 5.54 Å². The number of hydrogen-bond acceptors (Lipinski definition) is 8. The molecule has 1 aliphatic rings. The maximum atomic E-state index is 13.7. The maximum absolute atomic E-state index is 13.7. The van der Waals surface area contributed by atoms with E-state index in [9.17, 15) is 24.0 Å². The first-order valence-corrected chi connectivity index (χ1v) is 17.6. The van der Waals surface area contributed by atoms with Crippen LogP contribution in [0.1, 0.15) is 97.8 Å². The summed E-state index contributed by atoms with van der Waals surface area (Å²) in [5, 5.41) is 8.39. The van der Waals surface area contributed by atoms with Gasteiger partial charge in [-0.15, -0.1) is 0 Å². The van der Waals surface area contributed by atoms with Crippen LogP contribution in [0.2, 0.25) is 0 Å². The van der Waals surface area contributed by atoms with Gasteiger partial charge in [-0.3, -0.25) is 24.1 Å². The smallest absolute Gasteiger partial charge is 0.410 e. The van der Waals surface area contributed by atoms with E-state index in [0.29, 0.717) is 25.1 Å². The third-order valence-corrected chi connectivity index (χ3v) is 8.41. The minimum atomic E-state index is -1.04. The molecule has 0 aromatic heterocycles. The van der Waals surface area contributed by atoms with Crippen molar-refractivity contribution in [1.82, 2.24) is 20.9 Å². The molecule has 0 aliphatic carbocycles. The average Bonchev–Trinajstić information content (AvgIpc) is 3.01. The van der Waals surface area contributed by atoms with E-state index >= 15 is 0 Å². The monoisotopic (exact) mass is 708 g/mol. The van der Waals surface area contributed by atoms with Crippen molar-refractivity contribution in [2.24, 2.45) is 0 Å². The second-order valence-corrected chi connectivity index (χ2v) is 15.4. The number of benzene rings is 2. The van der Waals surface area contributed by atoms with Crippen LogP contribution in [0.3, 0.4) is 0 Å². The lowest BCUT2D eigenvalue weighted by Gasteiger charge is -2.49. The highest BCUT2D eigenvalue weighted by Gasteiger charge is 2.46. The van der Waals surface area contributed by atoms with Crippen LogP contribution in [0.25, 0.3) is 0 Å². The predicted molar refractivity (Wildman–Crippen MR) is 194 cm³/mol. The SMILES string of the molecule is CC(=O)N[C@@H](CCC(=O)OC(C)(C)C)C(=O)N[C@@H](CCc1ccccc1)C(=O)NCc1cc(OCC2(C)CCN2C(=O)OC(C)(C)C)ccc1C. The maximum Gasteiger partial charge on any atom is 0.410 e. The van der Waals surface area contributed by atoms with Crippen molar-refractivity contribution in [2.45, 2.75) is 130 Å². The topological polar surface area (TPSA) is 152 Å². The summed E-state index contributed by atoms with van der Waals surface area (Å²) < 4.78 is 17.1. The van der Waals surface area contributed by atoms with Crippen LogP contribution >= 0.6 is 0 Å².